The summed E-state index contributed by atoms with van der Waals surface area (Å²) in [7, 11) is 0. The summed E-state index contributed by atoms with van der Waals surface area (Å²) in [5.41, 5.74) is 0. The maximum absolute atomic E-state index is 4.23. The van der Waals surface area contributed by atoms with E-state index in [1.54, 1.807) is 0 Å². The van der Waals surface area contributed by atoms with Gasteiger partial charge in [-0.1, -0.05) is 0 Å². The van der Waals surface area contributed by atoms with E-state index in [4.69, 9.17) is 0 Å². The first-order chi connectivity index (χ1) is 5.08. The summed E-state index contributed by atoms with van der Waals surface area (Å²) >= 11 is -0.572. The summed E-state index contributed by atoms with van der Waals surface area (Å²) in [4.78, 5) is 8.46. The Morgan fingerprint density at radius 3 is 2.18 bits per heavy atom. The summed E-state index contributed by atoms with van der Waals surface area (Å²) < 4.78 is 1.55. The van der Waals surface area contributed by atoms with Crippen molar-refractivity contribution in [3.05, 3.63) is 18.5 Å². The molecule has 0 atom stereocenters. The minimum absolute atomic E-state index is 0.449. The molecule has 1 heterocycles. The van der Waals surface area contributed by atoms with Crippen LogP contribution in [0, 0.1) is 0 Å². The van der Waals surface area contributed by atoms with Gasteiger partial charge < -0.3 is 0 Å². The Balaban J connectivity index is 2.66. The number of nitrogens with zero attached hydrogens (tertiary/aromatic N) is 2. The molecule has 58 valence electrons. The summed E-state index contributed by atoms with van der Waals surface area (Å²) in [5, 5.41) is 0. The van der Waals surface area contributed by atoms with Crippen molar-refractivity contribution in [1.82, 2.24) is 9.97 Å². The van der Waals surface area contributed by atoms with Gasteiger partial charge in [0, 0.05) is 0 Å². The van der Waals surface area contributed by atoms with Crippen molar-refractivity contribution in [1.29, 1.82) is 0 Å². The van der Waals surface area contributed by atoms with Gasteiger partial charge in [0.1, 0.15) is 0 Å². The van der Waals surface area contributed by atoms with Crippen LogP contribution in [0.2, 0.25) is 3.43 Å². The fraction of sp³-hybridized carbons (Fsp3) is 0.500. The van der Waals surface area contributed by atoms with Crippen LogP contribution in [0.1, 0.15) is 20.8 Å². The van der Waals surface area contributed by atoms with E-state index in [-0.39, 0.29) is 0 Å². The molecule has 11 heavy (non-hydrogen) atoms. The molecule has 0 spiro atoms. The molecule has 1 rings (SSSR count). The van der Waals surface area contributed by atoms with Crippen LogP contribution in [0.25, 0.3) is 0 Å². The third-order valence-corrected chi connectivity index (χ3v) is 4.57. The topological polar surface area (TPSA) is 25.8 Å². The molecule has 0 saturated carbocycles. The maximum atomic E-state index is 4.23. The predicted octanol–water partition coefficient (Wildman–Crippen LogP) is 1.02. The fourth-order valence-electron chi connectivity index (χ4n) is 0.699. The first-order valence-electron chi connectivity index (χ1n) is 3.63. The molecule has 2 radical (unpaired) electrons. The standard InChI is InChI=1S/C4H3N2.C4H9.Sn/c1-2-5-4-6-3-1;1-4(2)3;/h1-3H;1-3H3;. The average molecular weight is 255 g/mol. The zero-order valence-electron chi connectivity index (χ0n) is 7.13. The molecule has 1 aromatic rings. The van der Waals surface area contributed by atoms with Gasteiger partial charge in [0.25, 0.3) is 0 Å². The van der Waals surface area contributed by atoms with Gasteiger partial charge in [0.2, 0.25) is 0 Å². The molecule has 0 bridgehead atoms. The van der Waals surface area contributed by atoms with Crippen LogP contribution >= 0.6 is 0 Å². The molecule has 2 nitrogen and oxygen atoms in total. The minimum atomic E-state index is -0.572. The quantitative estimate of drug-likeness (QED) is 0.700. The molecular formula is C8H12N2Sn. The molecule has 0 saturated heterocycles. The van der Waals surface area contributed by atoms with Crippen molar-refractivity contribution < 1.29 is 0 Å². The second-order valence-corrected chi connectivity index (χ2v) is 9.72. The molecule has 1 aromatic heterocycles. The van der Waals surface area contributed by atoms with Crippen molar-refractivity contribution in [2.75, 3.05) is 0 Å². The average Bonchev–Trinajstić information content (AvgIpc) is 1.85. The first-order valence-corrected chi connectivity index (χ1v) is 6.48. The van der Waals surface area contributed by atoms with E-state index in [1.807, 2.05) is 18.5 Å². The fourth-order valence-corrected chi connectivity index (χ4v) is 3.41. The van der Waals surface area contributed by atoms with E-state index in [9.17, 15) is 0 Å². The Bertz CT molecular complexity index is 215. The number of hydrogen-bond donors (Lipinski definition) is 0. The summed E-state index contributed by atoms with van der Waals surface area (Å²) in [5.74, 6) is 0. The van der Waals surface area contributed by atoms with Crippen molar-refractivity contribution in [2.24, 2.45) is 0 Å². The monoisotopic (exact) mass is 256 g/mol. The zero-order valence-corrected chi connectivity index (χ0v) is 9.98. The predicted molar refractivity (Wildman–Crippen MR) is 47.1 cm³/mol. The number of aromatic nitrogens is 2. The van der Waals surface area contributed by atoms with Crippen LogP contribution in [-0.4, -0.2) is 31.1 Å². The molecule has 0 aliphatic rings. The van der Waals surface area contributed by atoms with Gasteiger partial charge >= 0.3 is 77.6 Å². The molecule has 0 N–H and O–H groups in total. The Kier molecular flexibility index (Phi) is 2.87. The first kappa shape index (κ1) is 8.97. The van der Waals surface area contributed by atoms with E-state index in [0.717, 1.165) is 3.84 Å². The van der Waals surface area contributed by atoms with Gasteiger partial charge in [-0.15, -0.1) is 0 Å². The Morgan fingerprint density at radius 2 is 1.73 bits per heavy atom. The van der Waals surface area contributed by atoms with Crippen molar-refractivity contribution in [3.63, 3.8) is 0 Å². The van der Waals surface area contributed by atoms with Gasteiger partial charge in [0.15, 0.2) is 0 Å². The van der Waals surface area contributed by atoms with Crippen LogP contribution in [0.15, 0.2) is 18.5 Å². The van der Waals surface area contributed by atoms with Crippen molar-refractivity contribution in [2.45, 2.75) is 24.2 Å². The van der Waals surface area contributed by atoms with Gasteiger partial charge in [-0.2, -0.15) is 0 Å². The summed E-state index contributed by atoms with van der Waals surface area (Å²) in [6.45, 7) is 6.78. The normalized spacial score (nSPS) is 11.5. The van der Waals surface area contributed by atoms with Gasteiger partial charge in [-0.3, -0.25) is 0 Å². The number of hydrogen-bond acceptors (Lipinski definition) is 2. The van der Waals surface area contributed by atoms with Gasteiger partial charge in [0.05, 0.1) is 0 Å². The van der Waals surface area contributed by atoms with E-state index in [2.05, 4.69) is 30.7 Å². The number of rotatable bonds is 1. The van der Waals surface area contributed by atoms with Crippen LogP contribution in [0.3, 0.4) is 0 Å². The van der Waals surface area contributed by atoms with Crippen LogP contribution < -0.4 is 3.84 Å². The van der Waals surface area contributed by atoms with Crippen LogP contribution in [0.4, 0.5) is 0 Å². The van der Waals surface area contributed by atoms with Crippen molar-refractivity contribution >= 4 is 25.0 Å². The Morgan fingerprint density at radius 1 is 1.18 bits per heavy atom. The SMILES string of the molecule is C[C](C)(C)[Sn][c]1ncccn1. The van der Waals surface area contributed by atoms with E-state index < -0.39 is 21.1 Å². The molecule has 0 fully saturated rings. The molecule has 0 aliphatic carbocycles. The van der Waals surface area contributed by atoms with E-state index in [1.165, 1.54) is 0 Å². The van der Waals surface area contributed by atoms with Gasteiger partial charge in [-0.25, -0.2) is 0 Å². The second kappa shape index (κ2) is 3.52. The molecular weight excluding hydrogens is 243 g/mol. The van der Waals surface area contributed by atoms with Gasteiger partial charge in [-0.05, 0) is 0 Å². The van der Waals surface area contributed by atoms with Crippen molar-refractivity contribution in [3.8, 4) is 0 Å². The summed E-state index contributed by atoms with van der Waals surface area (Å²) in [6.07, 6.45) is 3.66. The Labute approximate surface area is 77.7 Å². The molecule has 0 aliphatic heterocycles. The van der Waals surface area contributed by atoms with E-state index in [0.29, 0.717) is 3.43 Å². The Hall–Kier alpha value is -0.121. The molecule has 0 amide bonds. The third-order valence-electron chi connectivity index (χ3n) is 1.05. The molecule has 3 heteroatoms. The second-order valence-electron chi connectivity index (χ2n) is 3.45. The third kappa shape index (κ3) is 3.70. The zero-order chi connectivity index (χ0) is 8.32. The molecule has 0 unspecified atom stereocenters. The van der Waals surface area contributed by atoms with E-state index >= 15 is 0 Å². The van der Waals surface area contributed by atoms with Crippen LogP contribution in [0.5, 0.6) is 0 Å². The summed E-state index contributed by atoms with van der Waals surface area (Å²) in [6, 6.07) is 1.87. The molecule has 0 aromatic carbocycles. The van der Waals surface area contributed by atoms with Crippen LogP contribution in [-0.2, 0) is 0 Å².